The van der Waals surface area contributed by atoms with Gasteiger partial charge in [0.05, 0.1) is 18.5 Å². The van der Waals surface area contributed by atoms with E-state index in [4.69, 9.17) is 4.98 Å². The molecular weight excluding hydrogens is 354 g/mol. The minimum atomic E-state index is -0.544. The Bertz CT molecular complexity index is 996. The molecule has 0 amide bonds. The molecule has 148 valence electrons. The first-order chi connectivity index (χ1) is 13.4. The van der Waals surface area contributed by atoms with Crippen molar-refractivity contribution in [3.63, 3.8) is 0 Å². The number of nitrogens with one attached hydrogen (secondary N) is 2. The van der Waals surface area contributed by atoms with Crippen molar-refractivity contribution in [2.24, 2.45) is 0 Å². The number of aliphatic hydroxyl groups is 1. The van der Waals surface area contributed by atoms with Crippen LogP contribution >= 0.6 is 0 Å². The van der Waals surface area contributed by atoms with Crippen LogP contribution in [0.5, 0.6) is 0 Å². The maximum atomic E-state index is 10.3. The normalized spacial score (nSPS) is 18.1. The van der Waals surface area contributed by atoms with Crippen molar-refractivity contribution in [1.29, 1.82) is 0 Å². The number of anilines is 2. The van der Waals surface area contributed by atoms with E-state index in [1.54, 1.807) is 13.3 Å². The predicted molar refractivity (Wildman–Crippen MR) is 109 cm³/mol. The maximum absolute atomic E-state index is 10.3. The van der Waals surface area contributed by atoms with E-state index in [0.717, 1.165) is 41.0 Å². The van der Waals surface area contributed by atoms with Crippen molar-refractivity contribution in [1.82, 2.24) is 24.5 Å². The van der Waals surface area contributed by atoms with E-state index < -0.39 is 6.10 Å². The molecular formula is C20H27N7O. The van der Waals surface area contributed by atoms with Gasteiger partial charge < -0.3 is 20.3 Å². The molecule has 8 heteroatoms. The summed E-state index contributed by atoms with van der Waals surface area (Å²) < 4.78 is 2.03. The maximum Gasteiger partial charge on any atom is 0.227 e. The van der Waals surface area contributed by atoms with Crippen LogP contribution in [-0.4, -0.2) is 41.8 Å². The van der Waals surface area contributed by atoms with Gasteiger partial charge in [-0.1, -0.05) is 0 Å². The number of aryl methyl sites for hydroxylation is 2. The molecule has 0 spiro atoms. The predicted octanol–water partition coefficient (Wildman–Crippen LogP) is 2.83. The van der Waals surface area contributed by atoms with Gasteiger partial charge in [0.2, 0.25) is 5.95 Å². The Balaban J connectivity index is 1.83. The molecule has 3 aromatic rings. The molecule has 3 aromatic heterocycles. The third kappa shape index (κ3) is 3.64. The van der Waals surface area contributed by atoms with Crippen molar-refractivity contribution in [3.8, 4) is 0 Å². The molecule has 0 unspecified atom stereocenters. The lowest BCUT2D eigenvalue weighted by Crippen LogP contribution is -2.33. The van der Waals surface area contributed by atoms with Crippen LogP contribution in [-0.2, 0) is 13.0 Å². The number of pyridine rings is 1. The van der Waals surface area contributed by atoms with Crippen LogP contribution < -0.4 is 10.6 Å². The van der Waals surface area contributed by atoms with Crippen LogP contribution in [0.4, 0.5) is 11.8 Å². The van der Waals surface area contributed by atoms with Gasteiger partial charge in [0, 0.05) is 24.0 Å². The Morgan fingerprint density at radius 2 is 2.00 bits per heavy atom. The second-order valence-electron chi connectivity index (χ2n) is 7.81. The quantitative estimate of drug-likeness (QED) is 0.627. The van der Waals surface area contributed by atoms with E-state index >= 15 is 0 Å². The van der Waals surface area contributed by atoms with Crippen LogP contribution in [0.25, 0.3) is 11.2 Å². The fourth-order valence-electron chi connectivity index (χ4n) is 3.62. The van der Waals surface area contributed by atoms with Gasteiger partial charge in [0.25, 0.3) is 0 Å². The molecule has 4 heterocycles. The summed E-state index contributed by atoms with van der Waals surface area (Å²) in [6, 6.07) is 4.26. The third-order valence-corrected chi connectivity index (χ3v) is 5.11. The smallest absolute Gasteiger partial charge is 0.227 e. The molecule has 0 fully saturated rings. The van der Waals surface area contributed by atoms with E-state index in [0.29, 0.717) is 18.3 Å². The Kier molecular flexibility index (Phi) is 4.89. The fourth-order valence-corrected chi connectivity index (χ4v) is 3.62. The van der Waals surface area contributed by atoms with E-state index in [1.165, 1.54) is 0 Å². The molecule has 0 aliphatic carbocycles. The number of fused-ring (bicyclic) bond motifs is 6. The van der Waals surface area contributed by atoms with E-state index in [-0.39, 0.29) is 12.1 Å². The molecule has 0 radical (unpaired) electrons. The van der Waals surface area contributed by atoms with Crippen molar-refractivity contribution in [2.45, 2.75) is 65.3 Å². The highest BCUT2D eigenvalue weighted by Crippen LogP contribution is 2.25. The first-order valence-corrected chi connectivity index (χ1v) is 9.80. The Morgan fingerprint density at radius 1 is 1.18 bits per heavy atom. The molecule has 2 atom stereocenters. The summed E-state index contributed by atoms with van der Waals surface area (Å²) in [5.41, 5.74) is 4.70. The van der Waals surface area contributed by atoms with Crippen LogP contribution in [0.1, 0.15) is 50.2 Å². The summed E-state index contributed by atoms with van der Waals surface area (Å²) in [5.74, 6) is 1.18. The summed E-state index contributed by atoms with van der Waals surface area (Å²) >= 11 is 0. The minimum Gasteiger partial charge on any atom is -0.391 e. The first-order valence-electron chi connectivity index (χ1n) is 9.80. The Labute approximate surface area is 164 Å². The number of hydrogen-bond acceptors (Lipinski definition) is 7. The molecule has 0 saturated carbocycles. The molecule has 28 heavy (non-hydrogen) atoms. The average Bonchev–Trinajstić information content (AvgIpc) is 3.06. The molecule has 0 aromatic carbocycles. The lowest BCUT2D eigenvalue weighted by molar-refractivity contribution is 0.167. The topological polar surface area (TPSA) is 101 Å². The molecule has 3 N–H and O–H groups in total. The molecule has 8 nitrogen and oxygen atoms in total. The minimum absolute atomic E-state index is 0.175. The highest BCUT2D eigenvalue weighted by atomic mass is 16.3. The average molecular weight is 381 g/mol. The van der Waals surface area contributed by atoms with Gasteiger partial charge in [-0.3, -0.25) is 4.98 Å². The Hall–Kier alpha value is -2.74. The summed E-state index contributed by atoms with van der Waals surface area (Å²) in [6.45, 7) is 8.63. The van der Waals surface area contributed by atoms with E-state index in [2.05, 4.69) is 51.6 Å². The summed E-state index contributed by atoms with van der Waals surface area (Å²) in [4.78, 5) is 18.6. The fraction of sp³-hybridized carbons (Fsp3) is 0.500. The highest BCUT2D eigenvalue weighted by molar-refractivity contribution is 5.84. The lowest BCUT2D eigenvalue weighted by atomic mass is 10.0. The second-order valence-corrected chi connectivity index (χ2v) is 7.81. The van der Waals surface area contributed by atoms with Gasteiger partial charge in [-0.15, -0.1) is 0 Å². The van der Waals surface area contributed by atoms with Crippen molar-refractivity contribution in [3.05, 3.63) is 35.4 Å². The number of imidazole rings is 1. The first kappa shape index (κ1) is 18.6. The molecule has 1 aliphatic heterocycles. The number of hydrogen-bond donors (Lipinski definition) is 3. The standard InChI is InChI=1S/C20H27N7O/c1-11(2)27-10-22-17-18-21-9-14-7-12(3)23-15(8-14)5-6-16(13(4)28)24-20(25-18)26-19(17)27/h7-8,10-11,13,16,28H,5-6,9H2,1-4H3,(H2,21,24,25,26)/t13-,16+/m1/s1. The van der Waals surface area contributed by atoms with E-state index in [1.807, 2.05) is 11.5 Å². The summed E-state index contributed by atoms with van der Waals surface area (Å²) in [6.07, 6.45) is 2.77. The van der Waals surface area contributed by atoms with Crippen LogP contribution in [0, 0.1) is 6.92 Å². The van der Waals surface area contributed by atoms with Crippen LogP contribution in [0.3, 0.4) is 0 Å². The Morgan fingerprint density at radius 3 is 2.75 bits per heavy atom. The van der Waals surface area contributed by atoms with Gasteiger partial charge in [-0.05, 0) is 58.2 Å². The van der Waals surface area contributed by atoms with Crippen molar-refractivity contribution in [2.75, 3.05) is 10.6 Å². The molecule has 0 saturated heterocycles. The van der Waals surface area contributed by atoms with Gasteiger partial charge in [0.15, 0.2) is 17.0 Å². The number of aliphatic hydroxyl groups excluding tert-OH is 1. The number of aromatic nitrogens is 5. The van der Waals surface area contributed by atoms with E-state index in [9.17, 15) is 5.11 Å². The number of nitrogens with zero attached hydrogens (tertiary/aromatic N) is 5. The summed E-state index contributed by atoms with van der Waals surface area (Å²) in [5, 5.41) is 17.0. The van der Waals surface area contributed by atoms with Crippen molar-refractivity contribution >= 4 is 22.9 Å². The SMILES string of the molecule is Cc1cc2cc(n1)CC[C@@H]([C@@H](C)O)Nc1nc(c3ncn(C(C)C)c3n1)NC2. The molecule has 4 rings (SSSR count). The monoisotopic (exact) mass is 381 g/mol. The zero-order valence-electron chi connectivity index (χ0n) is 16.8. The van der Waals surface area contributed by atoms with Gasteiger partial charge in [-0.25, -0.2) is 4.98 Å². The molecule has 1 aliphatic rings. The van der Waals surface area contributed by atoms with Crippen LogP contribution in [0.2, 0.25) is 0 Å². The second kappa shape index (κ2) is 7.35. The number of rotatable bonds is 2. The van der Waals surface area contributed by atoms with Crippen molar-refractivity contribution < 1.29 is 5.11 Å². The largest absolute Gasteiger partial charge is 0.391 e. The zero-order chi connectivity index (χ0) is 19.8. The zero-order valence-corrected chi connectivity index (χ0v) is 16.8. The van der Waals surface area contributed by atoms with Gasteiger partial charge in [0.1, 0.15) is 0 Å². The molecule has 4 bridgehead atoms. The van der Waals surface area contributed by atoms with Crippen LogP contribution in [0.15, 0.2) is 18.5 Å². The highest BCUT2D eigenvalue weighted by Gasteiger charge is 2.21. The van der Waals surface area contributed by atoms with Gasteiger partial charge in [-0.2, -0.15) is 9.97 Å². The van der Waals surface area contributed by atoms with Gasteiger partial charge >= 0.3 is 0 Å². The third-order valence-electron chi connectivity index (χ3n) is 5.11. The summed E-state index contributed by atoms with van der Waals surface area (Å²) in [7, 11) is 0. The lowest BCUT2D eigenvalue weighted by Gasteiger charge is -2.23.